The van der Waals surface area contributed by atoms with E-state index in [2.05, 4.69) is 15.8 Å². The first-order valence-electron chi connectivity index (χ1n) is 9.45. The van der Waals surface area contributed by atoms with Crippen LogP contribution in [0, 0.1) is 5.92 Å². The molecular formula is C20H24N4O5. The van der Waals surface area contributed by atoms with Crippen molar-refractivity contribution in [3.05, 3.63) is 52.9 Å². The molecule has 1 aromatic carbocycles. The highest BCUT2D eigenvalue weighted by Gasteiger charge is 2.33. The zero-order valence-corrected chi connectivity index (χ0v) is 16.3. The lowest BCUT2D eigenvalue weighted by Gasteiger charge is -2.30. The number of nitrogens with one attached hydrogen (secondary N) is 2. The molecule has 29 heavy (non-hydrogen) atoms. The number of hydrogen-bond acceptors (Lipinski definition) is 5. The van der Waals surface area contributed by atoms with E-state index in [-0.39, 0.29) is 30.0 Å². The lowest BCUT2D eigenvalue weighted by atomic mass is 10.0. The SMILES string of the molecule is CC(C)CNC(=O)c1noc2c1CN(C(=O)C(NC(=O)O)c1ccccc1)CC2. The number of aromatic nitrogens is 1. The summed E-state index contributed by atoms with van der Waals surface area (Å²) in [6, 6.07) is 7.62. The number of amides is 3. The molecule has 0 bridgehead atoms. The lowest BCUT2D eigenvalue weighted by Crippen LogP contribution is -2.44. The summed E-state index contributed by atoms with van der Waals surface area (Å²) in [4.78, 5) is 38.3. The first-order chi connectivity index (χ1) is 13.9. The molecule has 0 aliphatic carbocycles. The molecule has 1 unspecified atom stereocenters. The summed E-state index contributed by atoms with van der Waals surface area (Å²) < 4.78 is 5.29. The second kappa shape index (κ2) is 8.76. The van der Waals surface area contributed by atoms with Crippen molar-refractivity contribution >= 4 is 17.9 Å². The van der Waals surface area contributed by atoms with Crippen molar-refractivity contribution in [2.45, 2.75) is 32.9 Å². The van der Waals surface area contributed by atoms with Crippen LogP contribution in [0.3, 0.4) is 0 Å². The third-order valence-corrected chi connectivity index (χ3v) is 4.67. The van der Waals surface area contributed by atoms with E-state index in [0.29, 0.717) is 36.4 Å². The van der Waals surface area contributed by atoms with Gasteiger partial charge in [-0.2, -0.15) is 0 Å². The molecule has 0 spiro atoms. The molecule has 1 aliphatic rings. The van der Waals surface area contributed by atoms with E-state index < -0.39 is 12.1 Å². The number of nitrogens with zero attached hydrogens (tertiary/aromatic N) is 2. The number of rotatable bonds is 6. The molecule has 0 radical (unpaired) electrons. The second-order valence-corrected chi connectivity index (χ2v) is 7.34. The second-order valence-electron chi connectivity index (χ2n) is 7.34. The molecule has 1 aromatic heterocycles. The van der Waals surface area contributed by atoms with Crippen LogP contribution in [0.2, 0.25) is 0 Å². The Morgan fingerprint density at radius 3 is 2.62 bits per heavy atom. The predicted molar refractivity (Wildman–Crippen MR) is 103 cm³/mol. The predicted octanol–water partition coefficient (Wildman–Crippen LogP) is 1.95. The number of carbonyl (C=O) groups excluding carboxylic acids is 2. The van der Waals surface area contributed by atoms with Gasteiger partial charge >= 0.3 is 6.09 Å². The van der Waals surface area contributed by atoms with Gasteiger partial charge in [-0.05, 0) is 11.5 Å². The van der Waals surface area contributed by atoms with Crippen LogP contribution >= 0.6 is 0 Å². The van der Waals surface area contributed by atoms with Crippen LogP contribution in [0.25, 0.3) is 0 Å². The molecule has 1 aliphatic heterocycles. The van der Waals surface area contributed by atoms with Gasteiger partial charge in [0.25, 0.3) is 5.91 Å². The van der Waals surface area contributed by atoms with Gasteiger partial charge in [0.2, 0.25) is 5.91 Å². The van der Waals surface area contributed by atoms with Crippen molar-refractivity contribution in [3.63, 3.8) is 0 Å². The van der Waals surface area contributed by atoms with Gasteiger partial charge in [-0.1, -0.05) is 49.3 Å². The van der Waals surface area contributed by atoms with Crippen molar-refractivity contribution < 1.29 is 24.0 Å². The van der Waals surface area contributed by atoms with E-state index in [1.807, 2.05) is 13.8 Å². The summed E-state index contributed by atoms with van der Waals surface area (Å²) in [6.07, 6.45) is -0.885. The monoisotopic (exact) mass is 400 g/mol. The Kier molecular flexibility index (Phi) is 6.16. The average Bonchev–Trinajstić information content (AvgIpc) is 3.13. The zero-order chi connectivity index (χ0) is 21.0. The number of fused-ring (bicyclic) bond motifs is 1. The van der Waals surface area contributed by atoms with Crippen LogP contribution < -0.4 is 10.6 Å². The van der Waals surface area contributed by atoms with E-state index in [4.69, 9.17) is 4.52 Å². The third-order valence-electron chi connectivity index (χ3n) is 4.67. The molecule has 3 rings (SSSR count). The Morgan fingerprint density at radius 2 is 1.97 bits per heavy atom. The molecule has 3 N–H and O–H groups in total. The fourth-order valence-electron chi connectivity index (χ4n) is 3.20. The Balaban J connectivity index is 1.80. The topological polar surface area (TPSA) is 125 Å². The fraction of sp³-hybridized carbons (Fsp3) is 0.400. The zero-order valence-electron chi connectivity index (χ0n) is 16.3. The normalized spacial score (nSPS) is 14.2. The minimum absolute atomic E-state index is 0.132. The first kappa shape index (κ1) is 20.4. The standard InChI is InChI=1S/C20H24N4O5/c1-12(2)10-21-18(25)17-14-11-24(9-8-15(14)29-23-17)19(26)16(22-20(27)28)13-6-4-3-5-7-13/h3-7,12,16,22H,8-11H2,1-2H3,(H,21,25)(H,27,28). The Morgan fingerprint density at radius 1 is 1.24 bits per heavy atom. The molecule has 1 atom stereocenters. The third kappa shape index (κ3) is 4.74. The molecule has 9 heteroatoms. The van der Waals surface area contributed by atoms with Gasteiger partial charge < -0.3 is 25.2 Å². The minimum Gasteiger partial charge on any atom is -0.465 e. The summed E-state index contributed by atoms with van der Waals surface area (Å²) >= 11 is 0. The molecule has 9 nitrogen and oxygen atoms in total. The Labute approximate surface area is 168 Å². The van der Waals surface area contributed by atoms with Crippen molar-refractivity contribution in [2.24, 2.45) is 5.92 Å². The highest BCUT2D eigenvalue weighted by molar-refractivity contribution is 5.94. The first-order valence-corrected chi connectivity index (χ1v) is 9.45. The maximum atomic E-state index is 13.1. The van der Waals surface area contributed by atoms with E-state index in [1.54, 1.807) is 30.3 Å². The number of carboxylic acid groups (broad SMARTS) is 1. The summed E-state index contributed by atoms with van der Waals surface area (Å²) in [5, 5.41) is 18.2. The van der Waals surface area contributed by atoms with Crippen LogP contribution in [-0.2, 0) is 17.8 Å². The number of hydrogen-bond donors (Lipinski definition) is 3. The maximum Gasteiger partial charge on any atom is 0.405 e. The van der Waals surface area contributed by atoms with Crippen LogP contribution in [0.15, 0.2) is 34.9 Å². The van der Waals surface area contributed by atoms with E-state index >= 15 is 0 Å². The van der Waals surface area contributed by atoms with Gasteiger partial charge in [-0.25, -0.2) is 4.79 Å². The van der Waals surface area contributed by atoms with Gasteiger partial charge in [0.05, 0.1) is 6.54 Å². The largest absolute Gasteiger partial charge is 0.465 e. The van der Waals surface area contributed by atoms with Crippen LogP contribution in [0.1, 0.15) is 47.3 Å². The smallest absolute Gasteiger partial charge is 0.405 e. The molecule has 0 saturated heterocycles. The van der Waals surface area contributed by atoms with Crippen molar-refractivity contribution in [1.29, 1.82) is 0 Å². The number of carbonyl (C=O) groups is 3. The Bertz CT molecular complexity index is 894. The van der Waals surface area contributed by atoms with Crippen molar-refractivity contribution in [1.82, 2.24) is 20.7 Å². The minimum atomic E-state index is -1.29. The molecule has 2 aromatic rings. The Hall–Kier alpha value is -3.36. The molecule has 2 heterocycles. The summed E-state index contributed by atoms with van der Waals surface area (Å²) in [7, 11) is 0. The van der Waals surface area contributed by atoms with Gasteiger partial charge in [0, 0.05) is 25.1 Å². The highest BCUT2D eigenvalue weighted by atomic mass is 16.5. The summed E-state index contributed by atoms with van der Waals surface area (Å²) in [6.45, 7) is 4.95. The van der Waals surface area contributed by atoms with E-state index in [0.717, 1.165) is 0 Å². The van der Waals surface area contributed by atoms with E-state index in [9.17, 15) is 19.5 Å². The molecular weight excluding hydrogens is 376 g/mol. The van der Waals surface area contributed by atoms with Crippen molar-refractivity contribution in [3.8, 4) is 0 Å². The molecule has 0 saturated carbocycles. The van der Waals surface area contributed by atoms with Gasteiger partial charge in [0.15, 0.2) is 5.69 Å². The van der Waals surface area contributed by atoms with Crippen LogP contribution in [0.4, 0.5) is 4.79 Å². The summed E-state index contributed by atoms with van der Waals surface area (Å²) in [5.74, 6) is 0.125. The molecule has 154 valence electrons. The van der Waals surface area contributed by atoms with Gasteiger partial charge in [0.1, 0.15) is 11.8 Å². The summed E-state index contributed by atoms with van der Waals surface area (Å²) in [5.41, 5.74) is 1.28. The highest BCUT2D eigenvalue weighted by Crippen LogP contribution is 2.25. The average molecular weight is 400 g/mol. The van der Waals surface area contributed by atoms with Crippen LogP contribution in [0.5, 0.6) is 0 Å². The fourth-order valence-corrected chi connectivity index (χ4v) is 3.20. The molecule has 3 amide bonds. The van der Waals surface area contributed by atoms with Gasteiger partial charge in [-0.3, -0.25) is 9.59 Å². The van der Waals surface area contributed by atoms with Gasteiger partial charge in [-0.15, -0.1) is 0 Å². The maximum absolute atomic E-state index is 13.1. The van der Waals surface area contributed by atoms with E-state index in [1.165, 1.54) is 4.90 Å². The number of benzene rings is 1. The van der Waals surface area contributed by atoms with Crippen molar-refractivity contribution in [2.75, 3.05) is 13.1 Å². The lowest BCUT2D eigenvalue weighted by molar-refractivity contribution is -0.134. The quantitative estimate of drug-likeness (QED) is 0.681. The molecule has 0 fully saturated rings. The van der Waals surface area contributed by atoms with Crippen LogP contribution in [-0.4, -0.2) is 46.2 Å².